The van der Waals surface area contributed by atoms with E-state index in [9.17, 15) is 0 Å². The largest absolute Gasteiger partial charge is 0.359 e. The predicted molar refractivity (Wildman–Crippen MR) is 45.0 cm³/mol. The zero-order chi connectivity index (χ0) is 7.98. The first-order chi connectivity index (χ1) is 4.70. The van der Waals surface area contributed by atoms with Gasteiger partial charge in [-0.15, -0.1) is 0 Å². The number of nitrogens with one attached hydrogen (secondary N) is 2. The molecule has 0 heterocycles. The highest BCUT2D eigenvalue weighted by molar-refractivity contribution is 5.80. The highest BCUT2D eigenvalue weighted by Crippen LogP contribution is 1.77. The monoisotopic (exact) mass is 141 g/mol. The highest BCUT2D eigenvalue weighted by atomic mass is 15.2. The summed E-state index contributed by atoms with van der Waals surface area (Å²) in [5.74, 6) is 0.755. The minimum absolute atomic E-state index is 0.395. The first-order valence-corrected chi connectivity index (χ1v) is 3.33. The number of rotatable bonds is 2. The van der Waals surface area contributed by atoms with Crippen LogP contribution in [0.5, 0.6) is 0 Å². The van der Waals surface area contributed by atoms with Gasteiger partial charge >= 0.3 is 0 Å². The molecule has 0 radical (unpaired) electrons. The third kappa shape index (κ3) is 3.95. The van der Waals surface area contributed by atoms with E-state index in [1.54, 1.807) is 0 Å². The molecule has 0 saturated heterocycles. The zero-order valence-electron chi connectivity index (χ0n) is 6.81. The molecular weight excluding hydrogens is 126 g/mol. The Hall–Kier alpha value is -0.990. The molecule has 0 spiro atoms. The van der Waals surface area contributed by atoms with Gasteiger partial charge in [0.2, 0.25) is 0 Å². The Bertz CT molecular complexity index is 127. The maximum Gasteiger partial charge on any atom is 0.195 e. The number of nitrogens with zero attached hydrogens (tertiary/aromatic N) is 1. The predicted octanol–water partition coefficient (Wildman–Crippen LogP) is 0.703. The van der Waals surface area contributed by atoms with Crippen LogP contribution in [0.3, 0.4) is 0 Å². The maximum absolute atomic E-state index is 3.94. The van der Waals surface area contributed by atoms with E-state index >= 15 is 0 Å². The number of guanidine groups is 1. The third-order valence-corrected chi connectivity index (χ3v) is 0.883. The van der Waals surface area contributed by atoms with Gasteiger partial charge in [0.15, 0.2) is 5.96 Å². The summed E-state index contributed by atoms with van der Waals surface area (Å²) in [5, 5.41) is 6.00. The van der Waals surface area contributed by atoms with E-state index in [-0.39, 0.29) is 0 Å². The van der Waals surface area contributed by atoms with Crippen LogP contribution in [0, 0.1) is 0 Å². The second-order valence-electron chi connectivity index (χ2n) is 2.21. The fraction of sp³-hybridized carbons (Fsp3) is 0.571. The molecule has 0 unspecified atom stereocenters. The van der Waals surface area contributed by atoms with E-state index in [0.29, 0.717) is 6.04 Å². The molecule has 3 heteroatoms. The summed E-state index contributed by atoms with van der Waals surface area (Å²) in [5.41, 5.74) is 0. The summed E-state index contributed by atoms with van der Waals surface area (Å²) in [6.45, 7) is 7.59. The maximum atomic E-state index is 3.94. The summed E-state index contributed by atoms with van der Waals surface area (Å²) < 4.78 is 0. The van der Waals surface area contributed by atoms with Gasteiger partial charge in [-0.3, -0.25) is 0 Å². The SMILES string of the molecule is C=C/N=C(\NC)NC(C)C. The Labute approximate surface area is 62.2 Å². The molecule has 0 aromatic rings. The van der Waals surface area contributed by atoms with Gasteiger partial charge in [-0.2, -0.15) is 0 Å². The fourth-order valence-corrected chi connectivity index (χ4v) is 0.539. The molecule has 0 bridgehead atoms. The average Bonchev–Trinajstić information content (AvgIpc) is 1.86. The Morgan fingerprint density at radius 2 is 2.20 bits per heavy atom. The normalized spacial score (nSPS) is 11.4. The number of aliphatic imine (C=N–C) groups is 1. The average molecular weight is 141 g/mol. The van der Waals surface area contributed by atoms with Crippen LogP contribution < -0.4 is 10.6 Å². The van der Waals surface area contributed by atoms with Crippen molar-refractivity contribution in [1.29, 1.82) is 0 Å². The van der Waals surface area contributed by atoms with Gasteiger partial charge in [0, 0.05) is 19.3 Å². The van der Waals surface area contributed by atoms with Gasteiger partial charge in [0.25, 0.3) is 0 Å². The molecule has 0 fully saturated rings. The molecule has 3 nitrogen and oxygen atoms in total. The summed E-state index contributed by atoms with van der Waals surface area (Å²) in [6, 6.07) is 0.395. The van der Waals surface area contributed by atoms with E-state index in [1.165, 1.54) is 6.20 Å². The zero-order valence-corrected chi connectivity index (χ0v) is 6.81. The van der Waals surface area contributed by atoms with Crippen LogP contribution in [-0.2, 0) is 0 Å². The van der Waals surface area contributed by atoms with Crippen LogP contribution in [0.4, 0.5) is 0 Å². The Balaban J connectivity index is 3.82. The Morgan fingerprint density at radius 3 is 2.50 bits per heavy atom. The first-order valence-electron chi connectivity index (χ1n) is 3.33. The number of hydrogen-bond acceptors (Lipinski definition) is 1. The van der Waals surface area contributed by atoms with Gasteiger partial charge in [-0.25, -0.2) is 4.99 Å². The van der Waals surface area contributed by atoms with Gasteiger partial charge in [0.05, 0.1) is 0 Å². The lowest BCUT2D eigenvalue weighted by Crippen LogP contribution is -2.38. The van der Waals surface area contributed by atoms with E-state index < -0.39 is 0 Å². The second kappa shape index (κ2) is 4.85. The molecule has 10 heavy (non-hydrogen) atoms. The van der Waals surface area contributed by atoms with Crippen LogP contribution in [0.1, 0.15) is 13.8 Å². The van der Waals surface area contributed by atoms with Gasteiger partial charge < -0.3 is 10.6 Å². The third-order valence-electron chi connectivity index (χ3n) is 0.883. The van der Waals surface area contributed by atoms with Crippen molar-refractivity contribution in [3.05, 3.63) is 12.8 Å². The molecule has 0 aromatic carbocycles. The van der Waals surface area contributed by atoms with Crippen molar-refractivity contribution >= 4 is 5.96 Å². The summed E-state index contributed by atoms with van der Waals surface area (Å²) >= 11 is 0. The second-order valence-corrected chi connectivity index (χ2v) is 2.21. The van der Waals surface area contributed by atoms with Crippen LogP contribution in [0.2, 0.25) is 0 Å². The van der Waals surface area contributed by atoms with Gasteiger partial charge in [-0.1, -0.05) is 6.58 Å². The van der Waals surface area contributed by atoms with Crippen molar-refractivity contribution in [2.24, 2.45) is 4.99 Å². The lowest BCUT2D eigenvalue weighted by Gasteiger charge is -2.10. The topological polar surface area (TPSA) is 36.4 Å². The molecule has 58 valence electrons. The summed E-state index contributed by atoms with van der Waals surface area (Å²) in [6.07, 6.45) is 1.50. The lowest BCUT2D eigenvalue weighted by molar-refractivity contribution is 0.715. The minimum atomic E-state index is 0.395. The quantitative estimate of drug-likeness (QED) is 0.439. The molecule has 2 N–H and O–H groups in total. The van der Waals surface area contributed by atoms with E-state index in [1.807, 2.05) is 7.05 Å². The molecule has 0 atom stereocenters. The number of hydrogen-bond donors (Lipinski definition) is 2. The Morgan fingerprint density at radius 1 is 1.60 bits per heavy atom. The highest BCUT2D eigenvalue weighted by Gasteiger charge is 1.94. The van der Waals surface area contributed by atoms with Gasteiger partial charge in [0.1, 0.15) is 0 Å². The first kappa shape index (κ1) is 9.01. The lowest BCUT2D eigenvalue weighted by atomic mass is 10.4. The molecule has 0 rings (SSSR count). The standard InChI is InChI=1S/C7H15N3/c1-5-9-7(8-4)10-6(2)3/h5-6H,1H2,2-4H3,(H2,8,9,10). The van der Waals surface area contributed by atoms with E-state index in [4.69, 9.17) is 0 Å². The minimum Gasteiger partial charge on any atom is -0.359 e. The molecule has 0 aliphatic rings. The van der Waals surface area contributed by atoms with Crippen molar-refractivity contribution in [3.8, 4) is 0 Å². The van der Waals surface area contributed by atoms with Crippen molar-refractivity contribution in [2.75, 3.05) is 7.05 Å². The van der Waals surface area contributed by atoms with Crippen LogP contribution in [0.25, 0.3) is 0 Å². The summed E-state index contributed by atoms with van der Waals surface area (Å²) in [7, 11) is 1.82. The molecule has 0 aliphatic carbocycles. The molecule has 0 saturated carbocycles. The smallest absolute Gasteiger partial charge is 0.195 e. The summed E-state index contributed by atoms with van der Waals surface area (Å²) in [4.78, 5) is 3.94. The fourth-order valence-electron chi connectivity index (χ4n) is 0.539. The molecule has 0 aromatic heterocycles. The molecule has 0 aliphatic heterocycles. The van der Waals surface area contributed by atoms with Crippen LogP contribution in [-0.4, -0.2) is 19.0 Å². The Kier molecular flexibility index (Phi) is 4.37. The molecule has 0 amide bonds. The van der Waals surface area contributed by atoms with Crippen molar-refractivity contribution in [2.45, 2.75) is 19.9 Å². The van der Waals surface area contributed by atoms with E-state index in [0.717, 1.165) is 5.96 Å². The van der Waals surface area contributed by atoms with Crippen molar-refractivity contribution < 1.29 is 0 Å². The molecular formula is C7H15N3. The van der Waals surface area contributed by atoms with Gasteiger partial charge in [-0.05, 0) is 13.8 Å². The van der Waals surface area contributed by atoms with Crippen molar-refractivity contribution in [3.63, 3.8) is 0 Å². The van der Waals surface area contributed by atoms with Crippen molar-refractivity contribution in [1.82, 2.24) is 10.6 Å². The van der Waals surface area contributed by atoms with E-state index in [2.05, 4.69) is 36.1 Å². The van der Waals surface area contributed by atoms with Crippen LogP contribution >= 0.6 is 0 Å². The van der Waals surface area contributed by atoms with Crippen LogP contribution in [0.15, 0.2) is 17.8 Å².